The van der Waals surface area contributed by atoms with E-state index in [1.165, 1.54) is 11.9 Å². The number of nitrogens with one attached hydrogen (secondary N) is 2. The number of likely N-dealkylation sites (tertiary alicyclic amines) is 1. The third-order valence-corrected chi connectivity index (χ3v) is 5.18. The molecule has 4 rings (SSSR count). The van der Waals surface area contributed by atoms with Gasteiger partial charge in [0.1, 0.15) is 11.8 Å². The van der Waals surface area contributed by atoms with E-state index < -0.39 is 0 Å². The molecule has 3 aromatic rings. The predicted molar refractivity (Wildman–Crippen MR) is 109 cm³/mol. The number of anilines is 2. The van der Waals surface area contributed by atoms with Crippen LogP contribution in [0.15, 0.2) is 42.9 Å². The van der Waals surface area contributed by atoms with Gasteiger partial charge < -0.3 is 16.4 Å². The van der Waals surface area contributed by atoms with Crippen molar-refractivity contribution in [1.82, 2.24) is 24.8 Å². The Balaban J connectivity index is 1.61. The van der Waals surface area contributed by atoms with E-state index in [0.717, 1.165) is 49.5 Å². The molecular weight excluding hydrogens is 354 g/mol. The van der Waals surface area contributed by atoms with Crippen LogP contribution in [0.3, 0.4) is 0 Å². The molecule has 146 valence electrons. The van der Waals surface area contributed by atoms with Gasteiger partial charge in [-0.3, -0.25) is 9.69 Å². The molecule has 0 aliphatic carbocycles. The zero-order valence-corrected chi connectivity index (χ0v) is 15.9. The van der Waals surface area contributed by atoms with Gasteiger partial charge in [0.2, 0.25) is 0 Å². The molecule has 1 aromatic carbocycles. The van der Waals surface area contributed by atoms with Crippen LogP contribution in [0.5, 0.6) is 0 Å². The van der Waals surface area contributed by atoms with E-state index in [0.29, 0.717) is 11.6 Å². The van der Waals surface area contributed by atoms with Crippen molar-refractivity contribution in [2.45, 2.75) is 25.4 Å². The van der Waals surface area contributed by atoms with Crippen molar-refractivity contribution in [3.05, 3.63) is 54.0 Å². The Labute approximate surface area is 163 Å². The van der Waals surface area contributed by atoms with Crippen molar-refractivity contribution in [2.24, 2.45) is 5.73 Å². The van der Waals surface area contributed by atoms with Crippen LogP contribution in [-0.4, -0.2) is 51.6 Å². The molecule has 0 radical (unpaired) electrons. The number of hydrogen-bond acceptors (Lipinski definition) is 6. The molecule has 8 heteroatoms. The monoisotopic (exact) mass is 379 g/mol. The molecule has 0 saturated carbocycles. The van der Waals surface area contributed by atoms with Crippen LogP contribution in [0.1, 0.15) is 28.8 Å². The molecule has 2 aromatic heterocycles. The molecular formula is C20H25N7O. The summed E-state index contributed by atoms with van der Waals surface area (Å²) >= 11 is 0. The van der Waals surface area contributed by atoms with Crippen molar-refractivity contribution in [1.29, 1.82) is 0 Å². The molecule has 8 nitrogen and oxygen atoms in total. The van der Waals surface area contributed by atoms with Gasteiger partial charge in [-0.05, 0) is 55.8 Å². The van der Waals surface area contributed by atoms with E-state index in [-0.39, 0.29) is 5.91 Å². The SMILES string of the molecule is CNC(=O)c1cccc(Nc2ncnn3ccc(CN4CCC(N)CC4)c23)c1. The number of aromatic nitrogens is 3. The van der Waals surface area contributed by atoms with Crippen molar-refractivity contribution in [2.75, 3.05) is 25.5 Å². The summed E-state index contributed by atoms with van der Waals surface area (Å²) in [5.41, 5.74) is 9.54. The maximum absolute atomic E-state index is 11.9. The van der Waals surface area contributed by atoms with E-state index in [1.807, 2.05) is 28.9 Å². The molecule has 1 aliphatic heterocycles. The third-order valence-electron chi connectivity index (χ3n) is 5.18. The van der Waals surface area contributed by atoms with Crippen LogP contribution in [0.25, 0.3) is 5.52 Å². The number of amides is 1. The molecule has 1 fully saturated rings. The highest BCUT2D eigenvalue weighted by Crippen LogP contribution is 2.25. The second-order valence-corrected chi connectivity index (χ2v) is 7.14. The first-order chi connectivity index (χ1) is 13.6. The maximum atomic E-state index is 11.9. The number of benzene rings is 1. The van der Waals surface area contributed by atoms with Crippen LogP contribution in [-0.2, 0) is 6.54 Å². The van der Waals surface area contributed by atoms with Crippen molar-refractivity contribution in [3.63, 3.8) is 0 Å². The van der Waals surface area contributed by atoms with Gasteiger partial charge in [0, 0.05) is 37.1 Å². The van der Waals surface area contributed by atoms with E-state index in [4.69, 9.17) is 5.73 Å². The predicted octanol–water partition coefficient (Wildman–Crippen LogP) is 1.76. The number of nitrogens with zero attached hydrogens (tertiary/aromatic N) is 4. The third kappa shape index (κ3) is 3.83. The number of carbonyl (C=O) groups excluding carboxylic acids is 1. The minimum absolute atomic E-state index is 0.122. The number of hydrogen-bond donors (Lipinski definition) is 3. The highest BCUT2D eigenvalue weighted by atomic mass is 16.1. The number of nitrogens with two attached hydrogens (primary N) is 1. The summed E-state index contributed by atoms with van der Waals surface area (Å²) in [5, 5.41) is 10.3. The Morgan fingerprint density at radius 3 is 2.89 bits per heavy atom. The lowest BCUT2D eigenvalue weighted by atomic mass is 10.1. The fourth-order valence-corrected chi connectivity index (χ4v) is 3.61. The lowest BCUT2D eigenvalue weighted by Gasteiger charge is -2.29. The topological polar surface area (TPSA) is 101 Å². The number of piperidine rings is 1. The summed E-state index contributed by atoms with van der Waals surface area (Å²) in [4.78, 5) is 18.8. The van der Waals surface area contributed by atoms with Crippen molar-refractivity contribution in [3.8, 4) is 0 Å². The molecule has 3 heterocycles. The van der Waals surface area contributed by atoms with E-state index in [1.54, 1.807) is 13.1 Å². The smallest absolute Gasteiger partial charge is 0.251 e. The Bertz CT molecular complexity index is 976. The summed E-state index contributed by atoms with van der Waals surface area (Å²) in [6.45, 7) is 2.84. The van der Waals surface area contributed by atoms with Gasteiger partial charge in [-0.2, -0.15) is 5.10 Å². The van der Waals surface area contributed by atoms with Crippen LogP contribution in [0, 0.1) is 0 Å². The first-order valence-corrected chi connectivity index (χ1v) is 9.52. The van der Waals surface area contributed by atoms with Crippen molar-refractivity contribution >= 4 is 22.9 Å². The Morgan fingerprint density at radius 2 is 2.11 bits per heavy atom. The second-order valence-electron chi connectivity index (χ2n) is 7.14. The molecule has 1 aliphatic rings. The van der Waals surface area contributed by atoms with Gasteiger partial charge in [0.15, 0.2) is 5.82 Å². The van der Waals surface area contributed by atoms with Gasteiger partial charge in [-0.1, -0.05) is 6.07 Å². The van der Waals surface area contributed by atoms with E-state index in [2.05, 4.69) is 31.7 Å². The summed E-state index contributed by atoms with van der Waals surface area (Å²) in [7, 11) is 1.62. The molecule has 0 bridgehead atoms. The van der Waals surface area contributed by atoms with Gasteiger partial charge >= 0.3 is 0 Å². The quantitative estimate of drug-likeness (QED) is 0.624. The highest BCUT2D eigenvalue weighted by molar-refractivity contribution is 5.95. The molecule has 0 atom stereocenters. The lowest BCUT2D eigenvalue weighted by Crippen LogP contribution is -2.39. The fourth-order valence-electron chi connectivity index (χ4n) is 3.61. The van der Waals surface area contributed by atoms with Crippen molar-refractivity contribution < 1.29 is 4.79 Å². The first-order valence-electron chi connectivity index (χ1n) is 9.52. The first kappa shape index (κ1) is 18.4. The minimum atomic E-state index is -0.122. The number of rotatable bonds is 5. The van der Waals surface area contributed by atoms with Gasteiger partial charge in [-0.15, -0.1) is 0 Å². The lowest BCUT2D eigenvalue weighted by molar-refractivity contribution is 0.0963. The summed E-state index contributed by atoms with van der Waals surface area (Å²) in [6.07, 6.45) is 5.54. The van der Waals surface area contributed by atoms with Crippen LogP contribution in [0.4, 0.5) is 11.5 Å². The fraction of sp³-hybridized carbons (Fsp3) is 0.350. The van der Waals surface area contributed by atoms with Gasteiger partial charge in [0.05, 0.1) is 0 Å². The maximum Gasteiger partial charge on any atom is 0.251 e. The van der Waals surface area contributed by atoms with Crippen LogP contribution in [0.2, 0.25) is 0 Å². The van der Waals surface area contributed by atoms with Crippen LogP contribution >= 0.6 is 0 Å². The number of carbonyl (C=O) groups is 1. The molecule has 28 heavy (non-hydrogen) atoms. The molecule has 1 saturated heterocycles. The standard InChI is InChI=1S/C20H25N7O/c1-22-20(28)14-3-2-4-17(11-14)25-19-18-15(5-10-27(18)24-13-23-19)12-26-8-6-16(21)7-9-26/h2-5,10-11,13,16H,6-9,12,21H2,1H3,(H,22,28)(H,23,24,25). The normalized spacial score (nSPS) is 15.6. The second kappa shape index (κ2) is 7.95. The molecule has 0 spiro atoms. The molecule has 0 unspecified atom stereocenters. The number of fused-ring (bicyclic) bond motifs is 1. The summed E-state index contributed by atoms with van der Waals surface area (Å²) < 4.78 is 1.84. The zero-order chi connectivity index (χ0) is 19.5. The van der Waals surface area contributed by atoms with Crippen LogP contribution < -0.4 is 16.4 Å². The Morgan fingerprint density at radius 1 is 1.29 bits per heavy atom. The average molecular weight is 379 g/mol. The molecule has 4 N–H and O–H groups in total. The Hall–Kier alpha value is -2.97. The summed E-state index contributed by atoms with van der Waals surface area (Å²) in [6, 6.07) is 9.76. The van der Waals surface area contributed by atoms with Gasteiger partial charge in [-0.25, -0.2) is 9.50 Å². The molecule has 1 amide bonds. The summed E-state index contributed by atoms with van der Waals surface area (Å²) in [5.74, 6) is 0.598. The largest absolute Gasteiger partial charge is 0.355 e. The Kier molecular flexibility index (Phi) is 5.23. The van der Waals surface area contributed by atoms with E-state index >= 15 is 0 Å². The van der Waals surface area contributed by atoms with E-state index in [9.17, 15) is 4.79 Å². The zero-order valence-electron chi connectivity index (χ0n) is 15.9. The average Bonchev–Trinajstić information content (AvgIpc) is 3.13. The minimum Gasteiger partial charge on any atom is -0.355 e. The highest BCUT2D eigenvalue weighted by Gasteiger charge is 2.19. The van der Waals surface area contributed by atoms with Gasteiger partial charge in [0.25, 0.3) is 5.91 Å².